The van der Waals surface area contributed by atoms with Crippen LogP contribution in [0.3, 0.4) is 0 Å². The van der Waals surface area contributed by atoms with E-state index in [1.807, 2.05) is 7.05 Å². The SMILES string of the molecule is CNCC[C@@H](CNC(C)I)CC(C)C. The lowest BCUT2D eigenvalue weighted by molar-refractivity contribution is 0.365. The second kappa shape index (κ2) is 8.92. The standard InChI is InChI=1S/C11H25IN2/c1-9(2)7-11(5-6-13-4)8-14-10(3)12/h9-11,13-14H,5-8H2,1-4H3/t10?,11-/m1/s1. The van der Waals surface area contributed by atoms with Crippen LogP contribution in [-0.4, -0.2) is 24.2 Å². The Bertz CT molecular complexity index is 126. The van der Waals surface area contributed by atoms with Crippen molar-refractivity contribution in [1.82, 2.24) is 10.6 Å². The lowest BCUT2D eigenvalue weighted by Gasteiger charge is -2.20. The van der Waals surface area contributed by atoms with Gasteiger partial charge in [-0.1, -0.05) is 36.4 Å². The number of hydrogen-bond acceptors (Lipinski definition) is 2. The van der Waals surface area contributed by atoms with Crippen molar-refractivity contribution in [3.63, 3.8) is 0 Å². The van der Waals surface area contributed by atoms with E-state index in [4.69, 9.17) is 0 Å². The van der Waals surface area contributed by atoms with Crippen molar-refractivity contribution in [3.05, 3.63) is 0 Å². The Hall–Kier alpha value is 0.650. The molecule has 0 aliphatic heterocycles. The predicted molar refractivity (Wildman–Crippen MR) is 73.0 cm³/mol. The summed E-state index contributed by atoms with van der Waals surface area (Å²) >= 11 is 2.42. The van der Waals surface area contributed by atoms with Gasteiger partial charge in [-0.05, 0) is 51.7 Å². The van der Waals surface area contributed by atoms with Gasteiger partial charge in [0, 0.05) is 0 Å². The third-order valence-electron chi connectivity index (χ3n) is 2.30. The summed E-state index contributed by atoms with van der Waals surface area (Å²) in [5, 5.41) is 6.75. The second-order valence-electron chi connectivity index (χ2n) is 4.41. The van der Waals surface area contributed by atoms with Gasteiger partial charge in [-0.25, -0.2) is 0 Å². The predicted octanol–water partition coefficient (Wildman–Crippen LogP) is 2.63. The fourth-order valence-electron chi connectivity index (χ4n) is 1.65. The summed E-state index contributed by atoms with van der Waals surface area (Å²) in [6.45, 7) is 9.10. The van der Waals surface area contributed by atoms with Gasteiger partial charge in [-0.2, -0.15) is 0 Å². The lowest BCUT2D eigenvalue weighted by Crippen LogP contribution is -2.29. The summed E-state index contributed by atoms with van der Waals surface area (Å²) in [6.07, 6.45) is 2.61. The van der Waals surface area contributed by atoms with Crippen molar-refractivity contribution >= 4 is 22.6 Å². The van der Waals surface area contributed by atoms with E-state index in [0.29, 0.717) is 4.05 Å². The Morgan fingerprint density at radius 3 is 2.29 bits per heavy atom. The summed E-state index contributed by atoms with van der Waals surface area (Å²) in [5.74, 6) is 1.63. The Morgan fingerprint density at radius 2 is 1.86 bits per heavy atom. The maximum absolute atomic E-state index is 3.52. The molecular formula is C11H25IN2. The van der Waals surface area contributed by atoms with Gasteiger partial charge in [0.05, 0.1) is 4.05 Å². The van der Waals surface area contributed by atoms with E-state index in [1.165, 1.54) is 12.8 Å². The van der Waals surface area contributed by atoms with Crippen molar-refractivity contribution in [2.75, 3.05) is 20.1 Å². The molecule has 2 atom stereocenters. The summed E-state index contributed by atoms with van der Waals surface area (Å²) in [7, 11) is 2.03. The highest BCUT2D eigenvalue weighted by Gasteiger charge is 2.10. The van der Waals surface area contributed by atoms with E-state index in [2.05, 4.69) is 54.0 Å². The van der Waals surface area contributed by atoms with Crippen LogP contribution in [0, 0.1) is 11.8 Å². The highest BCUT2D eigenvalue weighted by Crippen LogP contribution is 2.14. The molecule has 1 unspecified atom stereocenters. The topological polar surface area (TPSA) is 24.1 Å². The molecule has 2 N–H and O–H groups in total. The van der Waals surface area contributed by atoms with Crippen LogP contribution >= 0.6 is 22.6 Å². The minimum absolute atomic E-state index is 0.580. The van der Waals surface area contributed by atoms with E-state index in [1.54, 1.807) is 0 Å². The highest BCUT2D eigenvalue weighted by atomic mass is 127. The van der Waals surface area contributed by atoms with Gasteiger partial charge in [0.25, 0.3) is 0 Å². The second-order valence-corrected chi connectivity index (χ2v) is 6.28. The van der Waals surface area contributed by atoms with Crippen LogP contribution in [0.4, 0.5) is 0 Å². The van der Waals surface area contributed by atoms with Crippen LogP contribution in [-0.2, 0) is 0 Å². The van der Waals surface area contributed by atoms with Crippen molar-refractivity contribution < 1.29 is 0 Å². The zero-order valence-corrected chi connectivity index (χ0v) is 12.1. The molecule has 86 valence electrons. The Morgan fingerprint density at radius 1 is 1.21 bits per heavy atom. The molecule has 0 aromatic rings. The molecule has 0 radical (unpaired) electrons. The zero-order chi connectivity index (χ0) is 11.0. The van der Waals surface area contributed by atoms with Crippen LogP contribution < -0.4 is 10.6 Å². The molecule has 0 aromatic heterocycles. The Kier molecular flexibility index (Phi) is 9.33. The largest absolute Gasteiger partial charge is 0.320 e. The fourth-order valence-corrected chi connectivity index (χ4v) is 1.90. The van der Waals surface area contributed by atoms with Crippen molar-refractivity contribution in [1.29, 1.82) is 0 Å². The minimum Gasteiger partial charge on any atom is -0.320 e. The van der Waals surface area contributed by atoms with Gasteiger partial charge in [0.1, 0.15) is 0 Å². The van der Waals surface area contributed by atoms with Crippen LogP contribution in [0.15, 0.2) is 0 Å². The number of alkyl halides is 1. The Balaban J connectivity index is 3.72. The molecule has 0 amide bonds. The molecular weight excluding hydrogens is 287 g/mol. The molecule has 3 heteroatoms. The summed E-state index contributed by atoms with van der Waals surface area (Å²) in [4.78, 5) is 0. The normalized spacial score (nSPS) is 15.9. The third kappa shape index (κ3) is 9.21. The number of halogens is 1. The quantitative estimate of drug-likeness (QED) is 0.409. The monoisotopic (exact) mass is 312 g/mol. The molecule has 2 nitrogen and oxygen atoms in total. The number of nitrogens with one attached hydrogen (secondary N) is 2. The highest BCUT2D eigenvalue weighted by molar-refractivity contribution is 14.1. The first kappa shape index (κ1) is 14.6. The average molecular weight is 312 g/mol. The summed E-state index contributed by atoms with van der Waals surface area (Å²) in [5.41, 5.74) is 0. The van der Waals surface area contributed by atoms with Crippen LogP contribution in [0.2, 0.25) is 0 Å². The molecule has 0 aliphatic carbocycles. The maximum Gasteiger partial charge on any atom is 0.0565 e. The first-order valence-electron chi connectivity index (χ1n) is 5.58. The minimum atomic E-state index is 0.580. The van der Waals surface area contributed by atoms with E-state index in [-0.39, 0.29) is 0 Å². The molecule has 0 saturated heterocycles. The smallest absolute Gasteiger partial charge is 0.0565 e. The van der Waals surface area contributed by atoms with Crippen molar-refractivity contribution in [2.24, 2.45) is 11.8 Å². The molecule has 14 heavy (non-hydrogen) atoms. The van der Waals surface area contributed by atoms with Crippen LogP contribution in [0.1, 0.15) is 33.6 Å². The average Bonchev–Trinajstić information content (AvgIpc) is 2.09. The molecule has 0 bridgehead atoms. The lowest BCUT2D eigenvalue weighted by atomic mass is 9.94. The third-order valence-corrected chi connectivity index (χ3v) is 2.74. The molecule has 0 heterocycles. The first-order valence-corrected chi connectivity index (χ1v) is 6.82. The molecule has 0 aliphatic rings. The first-order chi connectivity index (χ1) is 6.56. The van der Waals surface area contributed by atoms with Gasteiger partial charge >= 0.3 is 0 Å². The molecule has 0 spiro atoms. The summed E-state index contributed by atoms with van der Waals surface area (Å²) in [6, 6.07) is 0. The van der Waals surface area contributed by atoms with Crippen LogP contribution in [0.5, 0.6) is 0 Å². The van der Waals surface area contributed by atoms with Crippen LogP contribution in [0.25, 0.3) is 0 Å². The van der Waals surface area contributed by atoms with E-state index in [9.17, 15) is 0 Å². The summed E-state index contributed by atoms with van der Waals surface area (Å²) < 4.78 is 0.580. The zero-order valence-electron chi connectivity index (χ0n) is 9.94. The Labute approximate surface area is 103 Å². The molecule has 0 aromatic carbocycles. The fraction of sp³-hybridized carbons (Fsp3) is 1.00. The maximum atomic E-state index is 3.52. The van der Waals surface area contributed by atoms with E-state index >= 15 is 0 Å². The van der Waals surface area contributed by atoms with Gasteiger partial charge in [-0.15, -0.1) is 0 Å². The van der Waals surface area contributed by atoms with Gasteiger partial charge < -0.3 is 10.6 Å². The van der Waals surface area contributed by atoms with Gasteiger partial charge in [0.2, 0.25) is 0 Å². The molecule has 0 rings (SSSR count). The van der Waals surface area contributed by atoms with Gasteiger partial charge in [-0.3, -0.25) is 0 Å². The molecule has 0 fully saturated rings. The molecule has 0 saturated carbocycles. The van der Waals surface area contributed by atoms with E-state index < -0.39 is 0 Å². The van der Waals surface area contributed by atoms with Gasteiger partial charge in [0.15, 0.2) is 0 Å². The number of hydrogen-bond donors (Lipinski definition) is 2. The van der Waals surface area contributed by atoms with Crippen molar-refractivity contribution in [3.8, 4) is 0 Å². The van der Waals surface area contributed by atoms with E-state index in [0.717, 1.165) is 24.9 Å². The van der Waals surface area contributed by atoms with Crippen molar-refractivity contribution in [2.45, 2.75) is 37.7 Å². The number of rotatable bonds is 8.